The molecular weight excluding hydrogens is 298 g/mol. The van der Waals surface area contributed by atoms with Crippen LogP contribution in [0.1, 0.15) is 23.5 Å². The van der Waals surface area contributed by atoms with E-state index in [0.717, 1.165) is 23.3 Å². The number of hydrogen-bond acceptors (Lipinski definition) is 3. The first kappa shape index (κ1) is 15.1. The Balaban J connectivity index is 1.74. The average Bonchev–Trinajstić information content (AvgIpc) is 2.53. The quantitative estimate of drug-likeness (QED) is 0.943. The van der Waals surface area contributed by atoms with Crippen LogP contribution in [-0.4, -0.2) is 21.6 Å². The molecule has 2 aromatic rings. The van der Waals surface area contributed by atoms with Gasteiger partial charge in [0.05, 0.1) is 11.5 Å². The number of para-hydroxylation sites is 1. The lowest BCUT2D eigenvalue weighted by molar-refractivity contribution is 0.267. The summed E-state index contributed by atoms with van der Waals surface area (Å²) in [5, 5.41) is 0. The second kappa shape index (κ2) is 6.10. The van der Waals surface area contributed by atoms with Gasteiger partial charge in [-0.05, 0) is 37.1 Å². The first-order chi connectivity index (χ1) is 10.6. The zero-order valence-electron chi connectivity index (χ0n) is 12.5. The second-order valence-electron chi connectivity index (χ2n) is 5.54. The predicted molar refractivity (Wildman–Crippen MR) is 85.7 cm³/mol. The zero-order valence-corrected chi connectivity index (χ0v) is 13.3. The summed E-state index contributed by atoms with van der Waals surface area (Å²) >= 11 is 0. The normalized spacial score (nSPS) is 17.6. The van der Waals surface area contributed by atoms with Crippen molar-refractivity contribution in [2.45, 2.75) is 24.2 Å². The number of fused-ring (bicyclic) bond motifs is 1. The summed E-state index contributed by atoms with van der Waals surface area (Å²) in [4.78, 5) is 0.304. The molecule has 1 atom stereocenters. The fourth-order valence-electron chi connectivity index (χ4n) is 2.64. The van der Waals surface area contributed by atoms with Crippen LogP contribution in [0.15, 0.2) is 53.4 Å². The first-order valence-electron chi connectivity index (χ1n) is 7.34. The molecule has 0 fully saturated rings. The van der Waals surface area contributed by atoms with Gasteiger partial charge in [0.15, 0.2) is 0 Å². The molecule has 0 radical (unpaired) electrons. The van der Waals surface area contributed by atoms with Crippen LogP contribution < -0.4 is 9.46 Å². The summed E-state index contributed by atoms with van der Waals surface area (Å²) in [6.45, 7) is 2.94. The van der Waals surface area contributed by atoms with Gasteiger partial charge in [-0.1, -0.05) is 35.9 Å². The van der Waals surface area contributed by atoms with Gasteiger partial charge in [-0.3, -0.25) is 0 Å². The molecule has 0 spiro atoms. The van der Waals surface area contributed by atoms with E-state index in [-0.39, 0.29) is 5.92 Å². The number of aryl methyl sites for hydroxylation is 1. The molecule has 1 aliphatic rings. The van der Waals surface area contributed by atoms with Gasteiger partial charge in [-0.2, -0.15) is 0 Å². The molecule has 22 heavy (non-hydrogen) atoms. The van der Waals surface area contributed by atoms with E-state index < -0.39 is 10.0 Å². The van der Waals surface area contributed by atoms with Crippen LogP contribution in [-0.2, 0) is 10.0 Å². The summed E-state index contributed by atoms with van der Waals surface area (Å²) in [7, 11) is -3.47. The molecule has 116 valence electrons. The van der Waals surface area contributed by atoms with Crippen molar-refractivity contribution in [3.05, 3.63) is 59.7 Å². The summed E-state index contributed by atoms with van der Waals surface area (Å²) in [5.41, 5.74) is 2.11. The minimum atomic E-state index is -3.47. The van der Waals surface area contributed by atoms with Gasteiger partial charge in [-0.15, -0.1) is 0 Å². The molecule has 0 saturated heterocycles. The van der Waals surface area contributed by atoms with Crippen LogP contribution >= 0.6 is 0 Å². The maximum atomic E-state index is 12.4. The van der Waals surface area contributed by atoms with Crippen LogP contribution in [0.25, 0.3) is 0 Å². The molecule has 0 amide bonds. The molecule has 3 rings (SSSR count). The Morgan fingerprint density at radius 3 is 2.64 bits per heavy atom. The van der Waals surface area contributed by atoms with E-state index in [1.54, 1.807) is 24.3 Å². The van der Waals surface area contributed by atoms with Crippen molar-refractivity contribution in [3.8, 4) is 5.75 Å². The molecule has 1 unspecified atom stereocenters. The lowest BCUT2D eigenvalue weighted by Gasteiger charge is -2.26. The van der Waals surface area contributed by atoms with Crippen LogP contribution in [0.4, 0.5) is 0 Å². The maximum Gasteiger partial charge on any atom is 0.240 e. The van der Waals surface area contributed by atoms with E-state index in [9.17, 15) is 8.42 Å². The van der Waals surface area contributed by atoms with Crippen molar-refractivity contribution in [1.82, 2.24) is 4.72 Å². The minimum Gasteiger partial charge on any atom is -0.493 e. The van der Waals surface area contributed by atoms with Gasteiger partial charge < -0.3 is 4.74 Å². The molecule has 0 saturated carbocycles. The van der Waals surface area contributed by atoms with Crippen molar-refractivity contribution < 1.29 is 13.2 Å². The number of hydrogen-bond donors (Lipinski definition) is 1. The third kappa shape index (κ3) is 3.15. The zero-order chi connectivity index (χ0) is 15.6. The predicted octanol–water partition coefficient (Wildman–Crippen LogP) is 2.84. The van der Waals surface area contributed by atoms with Gasteiger partial charge in [0.1, 0.15) is 5.75 Å². The van der Waals surface area contributed by atoms with Crippen LogP contribution in [0.5, 0.6) is 5.75 Å². The highest BCUT2D eigenvalue weighted by Gasteiger charge is 2.23. The van der Waals surface area contributed by atoms with E-state index in [4.69, 9.17) is 4.74 Å². The highest BCUT2D eigenvalue weighted by molar-refractivity contribution is 7.89. The molecule has 1 aliphatic heterocycles. The summed E-state index contributed by atoms with van der Waals surface area (Å²) in [5.74, 6) is 0.999. The Morgan fingerprint density at radius 2 is 1.86 bits per heavy atom. The van der Waals surface area contributed by atoms with Gasteiger partial charge >= 0.3 is 0 Å². The Kier molecular flexibility index (Phi) is 4.18. The summed E-state index contributed by atoms with van der Waals surface area (Å²) in [6, 6.07) is 14.7. The molecule has 4 nitrogen and oxygen atoms in total. The molecule has 0 aliphatic carbocycles. The van der Waals surface area contributed by atoms with Crippen molar-refractivity contribution in [1.29, 1.82) is 0 Å². The van der Waals surface area contributed by atoms with E-state index in [1.165, 1.54) is 0 Å². The fourth-order valence-corrected chi connectivity index (χ4v) is 3.72. The topological polar surface area (TPSA) is 55.4 Å². The van der Waals surface area contributed by atoms with E-state index in [0.29, 0.717) is 18.0 Å². The van der Waals surface area contributed by atoms with Crippen LogP contribution in [0.3, 0.4) is 0 Å². The maximum absolute atomic E-state index is 12.4. The highest BCUT2D eigenvalue weighted by Crippen LogP contribution is 2.33. The van der Waals surface area contributed by atoms with Crippen molar-refractivity contribution >= 4 is 10.0 Å². The smallest absolute Gasteiger partial charge is 0.240 e. The molecule has 1 N–H and O–H groups in total. The molecule has 2 aromatic carbocycles. The van der Waals surface area contributed by atoms with E-state index in [2.05, 4.69) is 4.72 Å². The summed E-state index contributed by atoms with van der Waals surface area (Å²) < 4.78 is 33.0. The third-order valence-electron chi connectivity index (χ3n) is 3.93. The SMILES string of the molecule is Cc1ccc(S(=O)(=O)NCC2CCOc3ccccc32)cc1. The van der Waals surface area contributed by atoms with Crippen LogP contribution in [0.2, 0.25) is 0 Å². The summed E-state index contributed by atoms with van der Waals surface area (Å²) in [6.07, 6.45) is 0.813. The molecule has 1 heterocycles. The van der Waals surface area contributed by atoms with E-state index in [1.807, 2.05) is 31.2 Å². The van der Waals surface area contributed by atoms with Crippen molar-refractivity contribution in [2.75, 3.05) is 13.2 Å². The number of nitrogens with one attached hydrogen (secondary N) is 1. The Morgan fingerprint density at radius 1 is 1.14 bits per heavy atom. The van der Waals surface area contributed by atoms with Gasteiger partial charge in [0.25, 0.3) is 0 Å². The average molecular weight is 317 g/mol. The van der Waals surface area contributed by atoms with Crippen LogP contribution in [0, 0.1) is 6.92 Å². The highest BCUT2D eigenvalue weighted by atomic mass is 32.2. The second-order valence-corrected chi connectivity index (χ2v) is 7.30. The van der Waals surface area contributed by atoms with Crippen molar-refractivity contribution in [3.63, 3.8) is 0 Å². The first-order valence-corrected chi connectivity index (χ1v) is 8.82. The monoisotopic (exact) mass is 317 g/mol. The van der Waals surface area contributed by atoms with Gasteiger partial charge in [0.2, 0.25) is 10.0 Å². The lowest BCUT2D eigenvalue weighted by atomic mass is 9.93. The molecule has 0 aromatic heterocycles. The lowest BCUT2D eigenvalue weighted by Crippen LogP contribution is -2.30. The van der Waals surface area contributed by atoms with Gasteiger partial charge in [0, 0.05) is 12.5 Å². The standard InChI is InChI=1S/C17H19NO3S/c1-13-6-8-15(9-7-13)22(19,20)18-12-14-10-11-21-17-5-3-2-4-16(14)17/h2-9,14,18H,10-12H2,1H3. The minimum absolute atomic E-state index is 0.144. The van der Waals surface area contributed by atoms with Gasteiger partial charge in [-0.25, -0.2) is 13.1 Å². The number of benzene rings is 2. The van der Waals surface area contributed by atoms with Crippen molar-refractivity contribution in [2.24, 2.45) is 0 Å². The molecule has 5 heteroatoms. The number of sulfonamides is 1. The van der Waals surface area contributed by atoms with E-state index >= 15 is 0 Å². The molecular formula is C17H19NO3S. The Bertz CT molecular complexity index is 754. The largest absolute Gasteiger partial charge is 0.493 e. The Labute approximate surface area is 131 Å². The fraction of sp³-hybridized carbons (Fsp3) is 0.294. The number of ether oxygens (including phenoxy) is 1. The number of rotatable bonds is 4. The molecule has 0 bridgehead atoms. The Hall–Kier alpha value is -1.85. The third-order valence-corrected chi connectivity index (χ3v) is 5.37.